The number of rotatable bonds is 8. The van der Waals surface area contributed by atoms with Crippen LogP contribution in [0.1, 0.15) is 12.5 Å². The zero-order chi connectivity index (χ0) is 14.3. The molecule has 0 spiro atoms. The first-order valence-corrected chi connectivity index (χ1v) is 7.75. The molecule has 0 amide bonds. The van der Waals surface area contributed by atoms with Gasteiger partial charge in [-0.05, 0) is 36.6 Å². The van der Waals surface area contributed by atoms with Gasteiger partial charge in [0, 0.05) is 20.3 Å². The number of nitrogens with two attached hydrogens (primary N) is 1. The van der Waals surface area contributed by atoms with Crippen molar-refractivity contribution < 1.29 is 13.2 Å². The zero-order valence-corrected chi connectivity index (χ0v) is 12.2. The number of nitrogens with one attached hydrogen (secondary N) is 1. The molecule has 1 atom stereocenters. The van der Waals surface area contributed by atoms with Crippen molar-refractivity contribution in [2.75, 3.05) is 26.8 Å². The van der Waals surface area contributed by atoms with Crippen molar-refractivity contribution in [3.8, 4) is 0 Å². The van der Waals surface area contributed by atoms with E-state index in [0.717, 1.165) is 12.0 Å². The summed E-state index contributed by atoms with van der Waals surface area (Å²) in [6, 6.07) is 6.79. The number of hydrogen-bond donors (Lipinski definition) is 2. The predicted octanol–water partition coefficient (Wildman–Crippen LogP) is 0.749. The molecule has 0 heterocycles. The van der Waals surface area contributed by atoms with Crippen molar-refractivity contribution in [2.45, 2.75) is 18.2 Å². The first kappa shape index (κ1) is 16.1. The second-order valence-electron chi connectivity index (χ2n) is 4.60. The Morgan fingerprint density at radius 1 is 1.32 bits per heavy atom. The number of methoxy groups -OCH3 is 1. The number of benzene rings is 1. The van der Waals surface area contributed by atoms with Gasteiger partial charge in [0.25, 0.3) is 0 Å². The van der Waals surface area contributed by atoms with Crippen LogP contribution in [0.4, 0.5) is 0 Å². The molecule has 3 N–H and O–H groups in total. The molecule has 19 heavy (non-hydrogen) atoms. The summed E-state index contributed by atoms with van der Waals surface area (Å²) < 4.78 is 31.6. The first-order chi connectivity index (χ1) is 8.99. The van der Waals surface area contributed by atoms with Gasteiger partial charge in [-0.1, -0.05) is 19.1 Å². The average molecular weight is 286 g/mol. The lowest BCUT2D eigenvalue weighted by Gasteiger charge is -2.12. The Labute approximate surface area is 115 Å². The summed E-state index contributed by atoms with van der Waals surface area (Å²) >= 11 is 0. The third kappa shape index (κ3) is 5.28. The molecule has 1 rings (SSSR count). The minimum absolute atomic E-state index is 0.135. The van der Waals surface area contributed by atoms with Gasteiger partial charge in [-0.15, -0.1) is 0 Å². The molecule has 0 radical (unpaired) electrons. The van der Waals surface area contributed by atoms with Crippen LogP contribution in [0.5, 0.6) is 0 Å². The number of sulfonamides is 1. The first-order valence-electron chi connectivity index (χ1n) is 6.27. The lowest BCUT2D eigenvalue weighted by Crippen LogP contribution is -2.30. The second kappa shape index (κ2) is 7.59. The minimum Gasteiger partial charge on any atom is -0.384 e. The molecule has 0 fully saturated rings. The normalized spacial score (nSPS) is 13.4. The van der Waals surface area contributed by atoms with Crippen molar-refractivity contribution in [1.29, 1.82) is 0 Å². The molecule has 6 heteroatoms. The molecule has 0 saturated carbocycles. The molecule has 0 saturated heterocycles. The summed E-state index contributed by atoms with van der Waals surface area (Å²) in [5, 5.41) is 0. The average Bonchev–Trinajstić information content (AvgIpc) is 2.38. The van der Waals surface area contributed by atoms with Crippen molar-refractivity contribution in [3.05, 3.63) is 29.8 Å². The Bertz CT molecular complexity index is 471. The Morgan fingerprint density at radius 3 is 2.47 bits per heavy atom. The topological polar surface area (TPSA) is 81.4 Å². The highest BCUT2D eigenvalue weighted by Crippen LogP contribution is 2.11. The van der Waals surface area contributed by atoms with E-state index in [1.807, 2.05) is 6.92 Å². The summed E-state index contributed by atoms with van der Waals surface area (Å²) in [4.78, 5) is 0.276. The molecule has 1 aromatic rings. The smallest absolute Gasteiger partial charge is 0.240 e. The molecule has 1 aromatic carbocycles. The molecule has 1 unspecified atom stereocenters. The van der Waals surface area contributed by atoms with Crippen molar-refractivity contribution in [3.63, 3.8) is 0 Å². The summed E-state index contributed by atoms with van der Waals surface area (Å²) in [5.41, 5.74) is 6.49. The molecular weight excluding hydrogens is 264 g/mol. The van der Waals surface area contributed by atoms with E-state index in [4.69, 9.17) is 10.5 Å². The van der Waals surface area contributed by atoms with E-state index >= 15 is 0 Å². The van der Waals surface area contributed by atoms with Crippen LogP contribution in [0, 0.1) is 5.92 Å². The summed E-state index contributed by atoms with van der Waals surface area (Å²) in [7, 11) is -1.84. The van der Waals surface area contributed by atoms with Gasteiger partial charge in [-0.2, -0.15) is 0 Å². The van der Waals surface area contributed by atoms with Gasteiger partial charge in [-0.3, -0.25) is 0 Å². The van der Waals surface area contributed by atoms with Gasteiger partial charge in [0.1, 0.15) is 0 Å². The Kier molecular flexibility index (Phi) is 6.44. The van der Waals surface area contributed by atoms with Crippen molar-refractivity contribution in [1.82, 2.24) is 4.72 Å². The lowest BCUT2D eigenvalue weighted by atomic mass is 10.2. The van der Waals surface area contributed by atoms with E-state index in [2.05, 4.69) is 4.72 Å². The van der Waals surface area contributed by atoms with Crippen LogP contribution < -0.4 is 10.5 Å². The van der Waals surface area contributed by atoms with E-state index in [-0.39, 0.29) is 10.8 Å². The van der Waals surface area contributed by atoms with Crippen LogP contribution in [0.25, 0.3) is 0 Å². The molecule has 5 nitrogen and oxygen atoms in total. The monoisotopic (exact) mass is 286 g/mol. The van der Waals surface area contributed by atoms with Crippen LogP contribution >= 0.6 is 0 Å². The zero-order valence-electron chi connectivity index (χ0n) is 11.4. The fourth-order valence-electron chi connectivity index (χ4n) is 1.68. The molecule has 0 aliphatic rings. The largest absolute Gasteiger partial charge is 0.384 e. The lowest BCUT2D eigenvalue weighted by molar-refractivity contribution is 0.161. The molecular formula is C13H22N2O3S. The van der Waals surface area contributed by atoms with Crippen LogP contribution in [-0.2, 0) is 21.2 Å². The number of ether oxygens (including phenoxy) is 1. The SMILES string of the molecule is COCC(C)CNS(=O)(=O)c1ccc(CCN)cc1. The van der Waals surface area contributed by atoms with E-state index < -0.39 is 10.0 Å². The van der Waals surface area contributed by atoms with Gasteiger partial charge in [0.2, 0.25) is 10.0 Å². The Morgan fingerprint density at radius 2 is 1.95 bits per heavy atom. The maximum atomic E-state index is 12.0. The maximum absolute atomic E-state index is 12.0. The molecule has 0 aliphatic heterocycles. The minimum atomic E-state index is -3.44. The highest BCUT2D eigenvalue weighted by Gasteiger charge is 2.14. The van der Waals surface area contributed by atoms with Crippen LogP contribution in [-0.4, -0.2) is 35.2 Å². The van der Waals surface area contributed by atoms with Crippen molar-refractivity contribution >= 4 is 10.0 Å². The van der Waals surface area contributed by atoms with Crippen LogP contribution in [0.2, 0.25) is 0 Å². The number of hydrogen-bond acceptors (Lipinski definition) is 4. The van der Waals surface area contributed by atoms with E-state index in [0.29, 0.717) is 19.7 Å². The third-order valence-electron chi connectivity index (χ3n) is 2.74. The van der Waals surface area contributed by atoms with Gasteiger partial charge in [0.15, 0.2) is 0 Å². The van der Waals surface area contributed by atoms with Gasteiger partial charge in [-0.25, -0.2) is 13.1 Å². The summed E-state index contributed by atoms with van der Waals surface area (Å²) in [6.07, 6.45) is 0.749. The van der Waals surface area contributed by atoms with E-state index in [9.17, 15) is 8.42 Å². The van der Waals surface area contributed by atoms with Crippen molar-refractivity contribution in [2.24, 2.45) is 11.7 Å². The molecule has 0 aliphatic carbocycles. The fourth-order valence-corrected chi connectivity index (χ4v) is 2.85. The Hall–Kier alpha value is -0.950. The highest BCUT2D eigenvalue weighted by atomic mass is 32.2. The van der Waals surface area contributed by atoms with Gasteiger partial charge in [0.05, 0.1) is 4.90 Å². The van der Waals surface area contributed by atoms with E-state index in [1.165, 1.54) is 0 Å². The van der Waals surface area contributed by atoms with Gasteiger partial charge < -0.3 is 10.5 Å². The Balaban J connectivity index is 2.66. The maximum Gasteiger partial charge on any atom is 0.240 e. The third-order valence-corrected chi connectivity index (χ3v) is 4.18. The summed E-state index contributed by atoms with van der Waals surface area (Å²) in [6.45, 7) is 3.37. The summed E-state index contributed by atoms with van der Waals surface area (Å²) in [5.74, 6) is 0.135. The van der Waals surface area contributed by atoms with Crippen LogP contribution in [0.3, 0.4) is 0 Å². The molecule has 0 bridgehead atoms. The molecule has 0 aromatic heterocycles. The quantitative estimate of drug-likeness (QED) is 0.739. The fraction of sp³-hybridized carbons (Fsp3) is 0.538. The standard InChI is InChI=1S/C13H22N2O3S/c1-11(10-18-2)9-15-19(16,17)13-5-3-12(4-6-13)7-8-14/h3-6,11,15H,7-10,14H2,1-2H3. The second-order valence-corrected chi connectivity index (χ2v) is 6.36. The molecule has 108 valence electrons. The highest BCUT2D eigenvalue weighted by molar-refractivity contribution is 7.89. The van der Waals surface area contributed by atoms with Gasteiger partial charge >= 0.3 is 0 Å². The predicted molar refractivity (Wildman–Crippen MR) is 75.4 cm³/mol. The van der Waals surface area contributed by atoms with E-state index in [1.54, 1.807) is 31.4 Å². The van der Waals surface area contributed by atoms with Crippen LogP contribution in [0.15, 0.2) is 29.2 Å².